The summed E-state index contributed by atoms with van der Waals surface area (Å²) in [6, 6.07) is 3.98. The summed E-state index contributed by atoms with van der Waals surface area (Å²) in [5, 5.41) is 1.05. The molecule has 0 aliphatic heterocycles. The zero-order valence-electron chi connectivity index (χ0n) is 11.3. The van der Waals surface area contributed by atoms with E-state index >= 15 is 0 Å². The highest BCUT2D eigenvalue weighted by Gasteiger charge is 2.21. The molecule has 2 aromatic rings. The number of hydrogen-bond donors (Lipinski definition) is 0. The van der Waals surface area contributed by atoms with Crippen molar-refractivity contribution in [3.63, 3.8) is 0 Å². The Bertz CT molecular complexity index is 641. The number of pyridine rings is 1. The van der Waals surface area contributed by atoms with E-state index in [1.807, 2.05) is 19.1 Å². The smallest absolute Gasteiger partial charge is 0.276 e. The zero-order chi connectivity index (χ0) is 13.2. The minimum Gasteiger partial charge on any atom is -0.276 e. The first kappa shape index (κ1) is 12.3. The van der Waals surface area contributed by atoms with Crippen LogP contribution in [0.2, 0.25) is 0 Å². The van der Waals surface area contributed by atoms with Crippen LogP contribution in [-0.4, -0.2) is 14.5 Å². The van der Waals surface area contributed by atoms with Crippen molar-refractivity contribution in [2.75, 3.05) is 0 Å². The molecule has 0 amide bonds. The van der Waals surface area contributed by atoms with Gasteiger partial charge in [0.2, 0.25) is 0 Å². The SMILES string of the molecule is CCn1c(=O)nc(C2CCCCC2)c2cccnc21. The van der Waals surface area contributed by atoms with Crippen molar-refractivity contribution in [3.8, 4) is 0 Å². The van der Waals surface area contributed by atoms with Gasteiger partial charge in [-0.05, 0) is 31.9 Å². The van der Waals surface area contributed by atoms with E-state index in [-0.39, 0.29) is 5.69 Å². The van der Waals surface area contributed by atoms with Crippen LogP contribution in [0.3, 0.4) is 0 Å². The van der Waals surface area contributed by atoms with Gasteiger partial charge >= 0.3 is 5.69 Å². The molecule has 19 heavy (non-hydrogen) atoms. The van der Waals surface area contributed by atoms with E-state index < -0.39 is 0 Å². The van der Waals surface area contributed by atoms with Gasteiger partial charge in [0.15, 0.2) is 0 Å². The van der Waals surface area contributed by atoms with Crippen molar-refractivity contribution in [1.82, 2.24) is 14.5 Å². The van der Waals surface area contributed by atoms with Gasteiger partial charge in [0, 0.05) is 24.0 Å². The van der Waals surface area contributed by atoms with E-state index in [9.17, 15) is 4.79 Å². The maximum atomic E-state index is 12.1. The Labute approximate surface area is 112 Å². The molecule has 4 nitrogen and oxygen atoms in total. The van der Waals surface area contributed by atoms with Gasteiger partial charge in [-0.2, -0.15) is 4.98 Å². The van der Waals surface area contributed by atoms with Crippen LogP contribution in [0.1, 0.15) is 50.6 Å². The molecule has 4 heteroatoms. The Hall–Kier alpha value is -1.71. The zero-order valence-corrected chi connectivity index (χ0v) is 11.3. The Kier molecular flexibility index (Phi) is 3.32. The highest BCUT2D eigenvalue weighted by atomic mass is 16.1. The molecule has 0 bridgehead atoms. The molecule has 1 fully saturated rings. The fraction of sp³-hybridized carbons (Fsp3) is 0.533. The minimum absolute atomic E-state index is 0.158. The van der Waals surface area contributed by atoms with Crippen molar-refractivity contribution >= 4 is 11.0 Å². The van der Waals surface area contributed by atoms with Crippen LogP contribution >= 0.6 is 0 Å². The number of nitrogens with zero attached hydrogens (tertiary/aromatic N) is 3. The number of aromatic nitrogens is 3. The molecule has 3 rings (SSSR count). The largest absolute Gasteiger partial charge is 0.349 e. The third-order valence-electron chi connectivity index (χ3n) is 4.07. The van der Waals surface area contributed by atoms with Gasteiger partial charge in [0.05, 0.1) is 5.69 Å². The van der Waals surface area contributed by atoms with E-state index in [1.54, 1.807) is 10.8 Å². The van der Waals surface area contributed by atoms with E-state index in [0.717, 1.165) is 29.6 Å². The third-order valence-corrected chi connectivity index (χ3v) is 4.07. The summed E-state index contributed by atoms with van der Waals surface area (Å²) >= 11 is 0. The van der Waals surface area contributed by atoms with Crippen LogP contribution in [0.25, 0.3) is 11.0 Å². The van der Waals surface area contributed by atoms with Crippen LogP contribution in [0.4, 0.5) is 0 Å². The summed E-state index contributed by atoms with van der Waals surface area (Å²) in [4.78, 5) is 20.9. The molecule has 0 spiro atoms. The predicted molar refractivity (Wildman–Crippen MR) is 75.3 cm³/mol. The molecular weight excluding hydrogens is 238 g/mol. The molecule has 0 aromatic carbocycles. The van der Waals surface area contributed by atoms with E-state index in [2.05, 4.69) is 9.97 Å². The highest BCUT2D eigenvalue weighted by molar-refractivity contribution is 5.77. The lowest BCUT2D eigenvalue weighted by Crippen LogP contribution is -2.26. The van der Waals surface area contributed by atoms with Gasteiger partial charge in [-0.3, -0.25) is 4.57 Å². The first-order valence-electron chi connectivity index (χ1n) is 7.16. The summed E-state index contributed by atoms with van der Waals surface area (Å²) in [6.45, 7) is 2.57. The Morgan fingerprint density at radius 1 is 1.32 bits per heavy atom. The molecule has 0 unspecified atom stereocenters. The standard InChI is InChI=1S/C15H19N3O/c1-2-18-14-12(9-6-10-16-14)13(17-15(18)19)11-7-4-3-5-8-11/h6,9-11H,2-5,7-8H2,1H3. The second-order valence-corrected chi connectivity index (χ2v) is 5.23. The van der Waals surface area contributed by atoms with Crippen molar-refractivity contribution in [1.29, 1.82) is 0 Å². The molecule has 1 saturated carbocycles. The van der Waals surface area contributed by atoms with Gasteiger partial charge in [-0.1, -0.05) is 19.3 Å². The Balaban J connectivity index is 2.22. The number of fused-ring (bicyclic) bond motifs is 1. The monoisotopic (exact) mass is 257 g/mol. The molecule has 2 heterocycles. The molecule has 0 saturated heterocycles. The topological polar surface area (TPSA) is 47.8 Å². The molecule has 100 valence electrons. The van der Waals surface area contributed by atoms with Crippen LogP contribution in [-0.2, 0) is 6.54 Å². The highest BCUT2D eigenvalue weighted by Crippen LogP contribution is 2.33. The van der Waals surface area contributed by atoms with E-state index in [1.165, 1.54) is 19.3 Å². The first-order chi connectivity index (χ1) is 9.31. The summed E-state index contributed by atoms with van der Waals surface area (Å²) in [7, 11) is 0. The molecule has 2 aromatic heterocycles. The predicted octanol–water partition coefficient (Wildman–Crippen LogP) is 2.86. The lowest BCUT2D eigenvalue weighted by molar-refractivity contribution is 0.437. The van der Waals surface area contributed by atoms with Crippen molar-refractivity contribution in [2.24, 2.45) is 0 Å². The fourth-order valence-electron chi connectivity index (χ4n) is 3.10. The van der Waals surface area contributed by atoms with Gasteiger partial charge < -0.3 is 0 Å². The molecule has 0 radical (unpaired) electrons. The van der Waals surface area contributed by atoms with Crippen molar-refractivity contribution < 1.29 is 0 Å². The summed E-state index contributed by atoms with van der Waals surface area (Å²) in [5.74, 6) is 0.430. The third kappa shape index (κ3) is 2.15. The average molecular weight is 257 g/mol. The van der Waals surface area contributed by atoms with Gasteiger partial charge in [0.1, 0.15) is 5.65 Å². The van der Waals surface area contributed by atoms with Crippen LogP contribution in [0.5, 0.6) is 0 Å². The van der Waals surface area contributed by atoms with Gasteiger partial charge in [-0.25, -0.2) is 9.78 Å². The molecule has 0 atom stereocenters. The van der Waals surface area contributed by atoms with Crippen molar-refractivity contribution in [2.45, 2.75) is 51.5 Å². The fourth-order valence-corrected chi connectivity index (χ4v) is 3.10. The normalized spacial score (nSPS) is 16.9. The Morgan fingerprint density at radius 3 is 2.84 bits per heavy atom. The molecular formula is C15H19N3O. The molecule has 1 aliphatic carbocycles. The number of rotatable bonds is 2. The van der Waals surface area contributed by atoms with E-state index in [0.29, 0.717) is 12.5 Å². The second kappa shape index (κ2) is 5.11. The minimum atomic E-state index is -0.158. The van der Waals surface area contributed by atoms with Gasteiger partial charge in [-0.15, -0.1) is 0 Å². The summed E-state index contributed by atoms with van der Waals surface area (Å²) < 4.78 is 1.65. The Morgan fingerprint density at radius 2 is 2.11 bits per heavy atom. The first-order valence-corrected chi connectivity index (χ1v) is 7.16. The summed E-state index contributed by atoms with van der Waals surface area (Å²) in [5.41, 5.74) is 1.59. The van der Waals surface area contributed by atoms with E-state index in [4.69, 9.17) is 0 Å². The lowest BCUT2D eigenvalue weighted by atomic mass is 9.86. The maximum absolute atomic E-state index is 12.1. The van der Waals surface area contributed by atoms with Crippen LogP contribution < -0.4 is 5.69 Å². The molecule has 1 aliphatic rings. The number of hydrogen-bond acceptors (Lipinski definition) is 3. The molecule has 0 N–H and O–H groups in total. The van der Waals surface area contributed by atoms with Crippen LogP contribution in [0, 0.1) is 0 Å². The average Bonchev–Trinajstić information content (AvgIpc) is 2.47. The van der Waals surface area contributed by atoms with Crippen LogP contribution in [0.15, 0.2) is 23.1 Å². The quantitative estimate of drug-likeness (QED) is 0.831. The maximum Gasteiger partial charge on any atom is 0.349 e. The second-order valence-electron chi connectivity index (χ2n) is 5.23. The van der Waals surface area contributed by atoms with Gasteiger partial charge in [0.25, 0.3) is 0 Å². The summed E-state index contributed by atoms with van der Waals surface area (Å²) in [6.07, 6.45) is 7.83. The van der Waals surface area contributed by atoms with Crippen molar-refractivity contribution in [3.05, 3.63) is 34.5 Å². The number of aryl methyl sites for hydroxylation is 1. The lowest BCUT2D eigenvalue weighted by Gasteiger charge is -2.22.